The zero-order valence-electron chi connectivity index (χ0n) is 23.1. The quantitative estimate of drug-likeness (QED) is 0.200. The van der Waals surface area contributed by atoms with Gasteiger partial charge in [0.15, 0.2) is 0 Å². The molecule has 1 heterocycles. The number of carbonyl (C=O) groups excluding carboxylic acids is 1. The first-order valence-corrected chi connectivity index (χ1v) is 14.7. The van der Waals surface area contributed by atoms with Crippen LogP contribution < -0.4 is 0 Å². The first-order chi connectivity index (χ1) is 19.2. The van der Waals surface area contributed by atoms with Gasteiger partial charge in [0.1, 0.15) is 0 Å². The highest BCUT2D eigenvalue weighted by molar-refractivity contribution is 5.85. The van der Waals surface area contributed by atoms with Crippen molar-refractivity contribution in [3.8, 4) is 11.1 Å². The molecule has 39 heavy (non-hydrogen) atoms. The van der Waals surface area contributed by atoms with Crippen molar-refractivity contribution in [2.45, 2.75) is 70.0 Å². The van der Waals surface area contributed by atoms with Gasteiger partial charge in [0.05, 0.1) is 0 Å². The second kappa shape index (κ2) is 11.8. The maximum Gasteiger partial charge on any atom is 0.226 e. The minimum absolute atomic E-state index is 0.0560. The molecular formula is C35H40N2O2. The Bertz CT molecular complexity index is 1400. The van der Waals surface area contributed by atoms with Crippen LogP contribution >= 0.6 is 0 Å². The van der Waals surface area contributed by atoms with E-state index in [-0.39, 0.29) is 11.8 Å². The van der Waals surface area contributed by atoms with Gasteiger partial charge in [-0.2, -0.15) is 0 Å². The zero-order valence-corrected chi connectivity index (χ0v) is 23.1. The van der Waals surface area contributed by atoms with Gasteiger partial charge in [0.25, 0.3) is 0 Å². The second-order valence-corrected chi connectivity index (χ2v) is 11.4. The first kappa shape index (κ1) is 25.9. The van der Waals surface area contributed by atoms with Crippen LogP contribution in [0.25, 0.3) is 22.0 Å². The number of methoxy groups -OCH3 is 1. The SMILES string of the molecule is COCCCn1cc(CN(C(=O)[C@H]2CCCC[C@@H]2c2cccc(-c3ccccc3)c2)C2CC2)c2ccccc21. The summed E-state index contributed by atoms with van der Waals surface area (Å²) < 4.78 is 7.64. The number of hydrogen-bond acceptors (Lipinski definition) is 2. The zero-order chi connectivity index (χ0) is 26.6. The van der Waals surface area contributed by atoms with Crippen LogP contribution in [0, 0.1) is 5.92 Å². The minimum Gasteiger partial charge on any atom is -0.385 e. The molecule has 0 spiro atoms. The van der Waals surface area contributed by atoms with Crippen molar-refractivity contribution in [1.82, 2.24) is 9.47 Å². The van der Waals surface area contributed by atoms with Gasteiger partial charge in [-0.05, 0) is 66.3 Å². The number of ether oxygens (including phenoxy) is 1. The van der Waals surface area contributed by atoms with Crippen molar-refractivity contribution in [3.63, 3.8) is 0 Å². The lowest BCUT2D eigenvalue weighted by Gasteiger charge is -2.35. The van der Waals surface area contributed by atoms with Gasteiger partial charge in [-0.25, -0.2) is 0 Å². The molecule has 4 nitrogen and oxygen atoms in total. The monoisotopic (exact) mass is 520 g/mol. The lowest BCUT2D eigenvalue weighted by molar-refractivity contribution is -0.138. The fourth-order valence-electron chi connectivity index (χ4n) is 6.59. The Morgan fingerprint density at radius 1 is 0.897 bits per heavy atom. The summed E-state index contributed by atoms with van der Waals surface area (Å²) in [6.07, 6.45) is 9.92. The number of benzene rings is 3. The first-order valence-electron chi connectivity index (χ1n) is 14.7. The van der Waals surface area contributed by atoms with E-state index in [9.17, 15) is 4.79 Å². The van der Waals surface area contributed by atoms with Gasteiger partial charge in [0.2, 0.25) is 5.91 Å². The van der Waals surface area contributed by atoms with Crippen molar-refractivity contribution in [1.29, 1.82) is 0 Å². The molecule has 3 aromatic carbocycles. The maximum absolute atomic E-state index is 14.4. The van der Waals surface area contributed by atoms with E-state index in [1.807, 2.05) is 0 Å². The summed E-state index contributed by atoms with van der Waals surface area (Å²) in [6, 6.07) is 28.6. The molecule has 2 atom stereocenters. The molecule has 6 rings (SSSR count). The van der Waals surface area contributed by atoms with Gasteiger partial charge < -0.3 is 14.2 Å². The van der Waals surface area contributed by atoms with Crippen LogP contribution in [0.3, 0.4) is 0 Å². The van der Waals surface area contributed by atoms with Crippen LogP contribution in [0.15, 0.2) is 85.1 Å². The van der Waals surface area contributed by atoms with E-state index in [2.05, 4.69) is 94.5 Å². The van der Waals surface area contributed by atoms with Gasteiger partial charge in [-0.1, -0.05) is 85.6 Å². The average molecular weight is 521 g/mol. The number of amides is 1. The summed E-state index contributed by atoms with van der Waals surface area (Å²) in [7, 11) is 1.76. The van der Waals surface area contributed by atoms with Crippen LogP contribution in [-0.4, -0.2) is 35.1 Å². The molecule has 0 bridgehead atoms. The summed E-state index contributed by atoms with van der Waals surface area (Å²) >= 11 is 0. The molecule has 202 valence electrons. The van der Waals surface area contributed by atoms with E-state index in [4.69, 9.17) is 4.74 Å². The fraction of sp³-hybridized carbons (Fsp3) is 0.400. The molecule has 0 saturated heterocycles. The van der Waals surface area contributed by atoms with E-state index >= 15 is 0 Å². The second-order valence-electron chi connectivity index (χ2n) is 11.4. The van der Waals surface area contributed by atoms with Crippen molar-refractivity contribution in [2.24, 2.45) is 5.92 Å². The molecule has 2 saturated carbocycles. The third-order valence-electron chi connectivity index (χ3n) is 8.74. The van der Waals surface area contributed by atoms with E-state index in [1.54, 1.807) is 7.11 Å². The lowest BCUT2D eigenvalue weighted by Crippen LogP contribution is -2.40. The fourth-order valence-corrected chi connectivity index (χ4v) is 6.59. The van der Waals surface area contributed by atoms with Crippen molar-refractivity contribution >= 4 is 16.8 Å². The highest BCUT2D eigenvalue weighted by atomic mass is 16.5. The predicted octanol–water partition coefficient (Wildman–Crippen LogP) is 7.81. The lowest BCUT2D eigenvalue weighted by atomic mass is 9.74. The molecule has 0 aliphatic heterocycles. The largest absolute Gasteiger partial charge is 0.385 e. The highest BCUT2D eigenvalue weighted by Crippen LogP contribution is 2.42. The molecule has 1 aromatic heterocycles. The van der Waals surface area contributed by atoms with Crippen LogP contribution in [0.1, 0.15) is 62.0 Å². The van der Waals surface area contributed by atoms with Crippen molar-refractivity contribution in [3.05, 3.63) is 96.2 Å². The Morgan fingerprint density at radius 3 is 2.49 bits per heavy atom. The maximum atomic E-state index is 14.4. The number of para-hydroxylation sites is 1. The third kappa shape index (κ3) is 5.67. The number of nitrogens with zero attached hydrogens (tertiary/aromatic N) is 2. The van der Waals surface area contributed by atoms with E-state index in [1.165, 1.54) is 39.6 Å². The number of hydrogen-bond donors (Lipinski definition) is 0. The average Bonchev–Trinajstić information content (AvgIpc) is 3.78. The summed E-state index contributed by atoms with van der Waals surface area (Å²) in [5.74, 6) is 0.704. The summed E-state index contributed by atoms with van der Waals surface area (Å²) in [4.78, 5) is 16.6. The molecular weight excluding hydrogens is 480 g/mol. The minimum atomic E-state index is 0.0560. The standard InChI is InChI=1S/C35H40N2O2/c1-39-22-10-21-36-24-29(32-16-7-8-18-34(32)36)25-37(30-19-20-30)35(38)33-17-6-5-15-31(33)28-14-9-13-27(23-28)26-11-3-2-4-12-26/h2-4,7-9,11-14,16,18,23-24,30-31,33H,5-6,10,15,17,19-22,25H2,1H3/t31-,33+/m1/s1. The molecule has 2 aliphatic carbocycles. The molecule has 0 N–H and O–H groups in total. The molecule has 2 fully saturated rings. The number of carbonyl (C=O) groups is 1. The number of rotatable bonds is 10. The van der Waals surface area contributed by atoms with Gasteiger partial charge in [-0.15, -0.1) is 0 Å². The Kier molecular flexibility index (Phi) is 7.83. The Hall–Kier alpha value is -3.37. The van der Waals surface area contributed by atoms with Crippen LogP contribution in [-0.2, 0) is 22.6 Å². The van der Waals surface area contributed by atoms with Crippen LogP contribution in [0.2, 0.25) is 0 Å². The normalized spacial score (nSPS) is 19.3. The molecule has 1 amide bonds. The van der Waals surface area contributed by atoms with Crippen molar-refractivity contribution < 1.29 is 9.53 Å². The van der Waals surface area contributed by atoms with E-state index in [0.717, 1.165) is 51.7 Å². The van der Waals surface area contributed by atoms with Crippen LogP contribution in [0.5, 0.6) is 0 Å². The van der Waals surface area contributed by atoms with E-state index in [0.29, 0.717) is 18.5 Å². The number of aryl methyl sites for hydroxylation is 1. The molecule has 0 radical (unpaired) electrons. The Morgan fingerprint density at radius 2 is 1.67 bits per heavy atom. The van der Waals surface area contributed by atoms with Crippen LogP contribution in [0.4, 0.5) is 0 Å². The Balaban J connectivity index is 1.27. The van der Waals surface area contributed by atoms with Gasteiger partial charge in [0, 0.05) is 55.9 Å². The number of fused-ring (bicyclic) bond motifs is 1. The van der Waals surface area contributed by atoms with Crippen molar-refractivity contribution in [2.75, 3.05) is 13.7 Å². The molecule has 2 aliphatic rings. The number of aromatic nitrogens is 1. The smallest absolute Gasteiger partial charge is 0.226 e. The topological polar surface area (TPSA) is 34.5 Å². The summed E-state index contributed by atoms with van der Waals surface area (Å²) in [5.41, 5.74) is 6.31. The third-order valence-corrected chi connectivity index (χ3v) is 8.74. The van der Waals surface area contributed by atoms with E-state index < -0.39 is 0 Å². The Labute approximate surface area is 232 Å². The molecule has 4 aromatic rings. The predicted molar refractivity (Wildman–Crippen MR) is 159 cm³/mol. The highest BCUT2D eigenvalue weighted by Gasteiger charge is 2.40. The van der Waals surface area contributed by atoms with Gasteiger partial charge in [-0.3, -0.25) is 4.79 Å². The summed E-state index contributed by atoms with van der Waals surface area (Å²) in [5, 5.41) is 1.27. The molecule has 4 heteroatoms. The van der Waals surface area contributed by atoms with Gasteiger partial charge >= 0.3 is 0 Å². The summed E-state index contributed by atoms with van der Waals surface area (Å²) in [6.45, 7) is 2.38. The molecule has 0 unspecified atom stereocenters.